The summed E-state index contributed by atoms with van der Waals surface area (Å²) in [6.45, 7) is 9.54. The van der Waals surface area contributed by atoms with Crippen LogP contribution in [0.5, 0.6) is 0 Å². The number of nitrogen functional groups attached to an aromatic ring is 1. The lowest BCUT2D eigenvalue weighted by Crippen LogP contribution is -2.22. The lowest BCUT2D eigenvalue weighted by molar-refractivity contribution is 0.135. The van der Waals surface area contributed by atoms with Gasteiger partial charge in [-0.2, -0.15) is 5.26 Å². The van der Waals surface area contributed by atoms with Crippen molar-refractivity contribution in [3.63, 3.8) is 0 Å². The molecule has 8 heteroatoms. The van der Waals surface area contributed by atoms with Crippen LogP contribution in [-0.4, -0.2) is 23.1 Å². The molecule has 2 aliphatic heterocycles. The second-order valence-corrected chi connectivity index (χ2v) is 11.3. The predicted octanol–water partition coefficient (Wildman–Crippen LogP) is 6.57. The number of thiophene rings is 1. The molecule has 2 aromatic heterocycles. The number of benzene rings is 2. The Bertz CT molecular complexity index is 1590. The Labute approximate surface area is 219 Å². The van der Waals surface area contributed by atoms with Gasteiger partial charge in [0.2, 0.25) is 5.95 Å². The van der Waals surface area contributed by atoms with Gasteiger partial charge in [0, 0.05) is 30.1 Å². The van der Waals surface area contributed by atoms with Gasteiger partial charge < -0.3 is 15.4 Å². The van der Waals surface area contributed by atoms with Crippen LogP contribution in [0.4, 0.5) is 15.3 Å². The molecule has 2 N–H and O–H groups in total. The van der Waals surface area contributed by atoms with Crippen molar-refractivity contribution in [2.45, 2.75) is 53.2 Å². The van der Waals surface area contributed by atoms with Crippen LogP contribution in [-0.2, 0) is 24.4 Å². The van der Waals surface area contributed by atoms with E-state index in [2.05, 4.69) is 31.7 Å². The molecule has 4 aromatic rings. The average Bonchev–Trinajstić information content (AvgIpc) is 3.61. The number of hydrogen-bond donors (Lipinski definition) is 1. The van der Waals surface area contributed by atoms with Crippen LogP contribution in [0.1, 0.15) is 55.9 Å². The Morgan fingerprint density at radius 1 is 1.24 bits per heavy atom. The van der Waals surface area contributed by atoms with Crippen LogP contribution in [0.3, 0.4) is 0 Å². The molecule has 2 aromatic carbocycles. The molecule has 0 aliphatic carbocycles. The highest BCUT2D eigenvalue weighted by Gasteiger charge is 2.32. The van der Waals surface area contributed by atoms with E-state index in [0.29, 0.717) is 45.7 Å². The van der Waals surface area contributed by atoms with Gasteiger partial charge in [0.15, 0.2) is 0 Å². The number of rotatable bonds is 5. The average molecular weight is 516 g/mol. The Kier molecular flexibility index (Phi) is 6.01. The van der Waals surface area contributed by atoms with Gasteiger partial charge in [-0.15, -0.1) is 11.3 Å². The van der Waals surface area contributed by atoms with Gasteiger partial charge in [-0.05, 0) is 58.6 Å². The Hall–Kier alpha value is -3.28. The van der Waals surface area contributed by atoms with E-state index in [9.17, 15) is 9.65 Å². The summed E-state index contributed by atoms with van der Waals surface area (Å²) in [5, 5.41) is 11.8. The van der Waals surface area contributed by atoms with Gasteiger partial charge >= 0.3 is 0 Å². The number of halogens is 1. The molecule has 2 unspecified atom stereocenters. The monoisotopic (exact) mass is 515 g/mol. The molecule has 6 rings (SSSR count). The van der Waals surface area contributed by atoms with Crippen LogP contribution < -0.4 is 10.6 Å². The molecule has 6 nitrogen and oxygen atoms in total. The molecular formula is C29H30FN5OS. The predicted molar refractivity (Wildman–Crippen MR) is 147 cm³/mol. The highest BCUT2D eigenvalue weighted by Crippen LogP contribution is 2.46. The van der Waals surface area contributed by atoms with Crippen molar-refractivity contribution in [1.82, 2.24) is 9.97 Å². The summed E-state index contributed by atoms with van der Waals surface area (Å²) in [6, 6.07) is 5.48. The zero-order valence-electron chi connectivity index (χ0n) is 21.4. The van der Waals surface area contributed by atoms with E-state index >= 15 is 0 Å². The van der Waals surface area contributed by atoms with E-state index in [1.54, 1.807) is 6.07 Å². The van der Waals surface area contributed by atoms with Crippen molar-refractivity contribution >= 4 is 43.3 Å². The number of nitrogens with two attached hydrogens (primary N) is 1. The summed E-state index contributed by atoms with van der Waals surface area (Å²) in [5.74, 6) is 1.66. The molecule has 190 valence electrons. The van der Waals surface area contributed by atoms with Crippen molar-refractivity contribution in [2.24, 2.45) is 11.8 Å². The van der Waals surface area contributed by atoms with Crippen LogP contribution >= 0.6 is 11.3 Å². The molecule has 4 heterocycles. The summed E-state index contributed by atoms with van der Waals surface area (Å²) in [4.78, 5) is 12.3. The molecular weight excluding hydrogens is 485 g/mol. The quantitative estimate of drug-likeness (QED) is 0.323. The SMILES string of the molecule is CCCC1CN(c2ncc3c4c(c(-c5ccc(F)c6sc(N)c(C#N)c56)c(CC)c3n2)COC4)CC1C. The number of nitriles is 1. The van der Waals surface area contributed by atoms with E-state index in [0.717, 1.165) is 75.5 Å². The van der Waals surface area contributed by atoms with E-state index in [1.165, 1.54) is 18.9 Å². The first kappa shape index (κ1) is 24.1. The lowest BCUT2D eigenvalue weighted by Gasteiger charge is -2.21. The molecule has 0 bridgehead atoms. The highest BCUT2D eigenvalue weighted by atomic mass is 32.1. The van der Waals surface area contributed by atoms with Crippen molar-refractivity contribution in [3.05, 3.63) is 46.4 Å². The standard InChI is InChI=1S/C29H30FN5OS/c1-4-6-16-12-35(11-15(16)3)29-33-10-20-21-13-36-14-22(21)24(17(5-2)26(20)34-29)18-7-8-23(30)27-25(18)19(9-31)28(32)37-27/h7-8,10,15-16H,4-6,11-14,32H2,1-3H3. The van der Waals surface area contributed by atoms with Crippen molar-refractivity contribution in [1.29, 1.82) is 5.26 Å². The number of ether oxygens (including phenoxy) is 1. The topological polar surface area (TPSA) is 88.1 Å². The van der Waals surface area contributed by atoms with Gasteiger partial charge in [-0.3, -0.25) is 0 Å². The number of hydrogen-bond acceptors (Lipinski definition) is 7. The maximum absolute atomic E-state index is 14.9. The number of aromatic nitrogens is 2. The molecule has 0 saturated carbocycles. The van der Waals surface area contributed by atoms with Crippen molar-refractivity contribution in [2.75, 3.05) is 23.7 Å². The van der Waals surface area contributed by atoms with Crippen molar-refractivity contribution in [3.8, 4) is 17.2 Å². The van der Waals surface area contributed by atoms with Crippen LogP contribution in [0.25, 0.3) is 32.1 Å². The smallest absolute Gasteiger partial charge is 0.225 e. The normalized spacial score (nSPS) is 19.2. The highest BCUT2D eigenvalue weighted by molar-refractivity contribution is 7.23. The summed E-state index contributed by atoms with van der Waals surface area (Å²) in [7, 11) is 0. The molecule has 1 saturated heterocycles. The second-order valence-electron chi connectivity index (χ2n) is 10.3. The minimum Gasteiger partial charge on any atom is -0.389 e. The third kappa shape index (κ3) is 3.67. The summed E-state index contributed by atoms with van der Waals surface area (Å²) < 4.78 is 21.2. The molecule has 37 heavy (non-hydrogen) atoms. The van der Waals surface area contributed by atoms with Crippen LogP contribution in [0.15, 0.2) is 18.3 Å². The number of fused-ring (bicyclic) bond motifs is 4. The maximum Gasteiger partial charge on any atom is 0.225 e. The van der Waals surface area contributed by atoms with E-state index in [-0.39, 0.29) is 5.82 Å². The third-order valence-electron chi connectivity index (χ3n) is 8.11. The first-order valence-electron chi connectivity index (χ1n) is 13.0. The number of anilines is 2. The van der Waals surface area contributed by atoms with Gasteiger partial charge in [0.1, 0.15) is 16.9 Å². The van der Waals surface area contributed by atoms with Gasteiger partial charge in [-0.1, -0.05) is 33.3 Å². The Balaban J connectivity index is 1.61. The first-order chi connectivity index (χ1) is 18.0. The number of aryl methyl sites for hydroxylation is 1. The molecule has 1 fully saturated rings. The first-order valence-corrected chi connectivity index (χ1v) is 13.8. The zero-order chi connectivity index (χ0) is 25.8. The van der Waals surface area contributed by atoms with Crippen LogP contribution in [0, 0.1) is 29.0 Å². The fourth-order valence-electron chi connectivity index (χ4n) is 6.29. The largest absolute Gasteiger partial charge is 0.389 e. The molecule has 2 aliphatic rings. The summed E-state index contributed by atoms with van der Waals surface area (Å²) >= 11 is 1.13. The van der Waals surface area contributed by atoms with E-state index in [4.69, 9.17) is 20.4 Å². The van der Waals surface area contributed by atoms with Gasteiger partial charge in [0.05, 0.1) is 29.0 Å². The Morgan fingerprint density at radius 2 is 2.05 bits per heavy atom. The van der Waals surface area contributed by atoms with Gasteiger partial charge in [0.25, 0.3) is 0 Å². The molecule has 2 atom stereocenters. The summed E-state index contributed by atoms with van der Waals surface area (Å²) in [6.07, 6.45) is 5.08. The second kappa shape index (κ2) is 9.23. The number of nitrogens with zero attached hydrogens (tertiary/aromatic N) is 4. The van der Waals surface area contributed by atoms with E-state index in [1.807, 2.05) is 6.20 Å². The fourth-order valence-corrected chi connectivity index (χ4v) is 7.24. The van der Waals surface area contributed by atoms with E-state index < -0.39 is 0 Å². The van der Waals surface area contributed by atoms with Crippen LogP contribution in [0.2, 0.25) is 0 Å². The van der Waals surface area contributed by atoms with Crippen molar-refractivity contribution < 1.29 is 9.13 Å². The van der Waals surface area contributed by atoms with Gasteiger partial charge in [-0.25, -0.2) is 14.4 Å². The minimum absolute atomic E-state index is 0.334. The molecule has 0 radical (unpaired) electrons. The fraction of sp³-hybridized carbons (Fsp3) is 0.414. The third-order valence-corrected chi connectivity index (χ3v) is 9.14. The maximum atomic E-state index is 14.9. The molecule has 0 amide bonds. The zero-order valence-corrected chi connectivity index (χ0v) is 22.2. The Morgan fingerprint density at radius 3 is 2.81 bits per heavy atom. The summed E-state index contributed by atoms with van der Waals surface area (Å²) in [5.41, 5.74) is 12.4. The minimum atomic E-state index is -0.363. The molecule has 0 spiro atoms. The lowest BCUT2D eigenvalue weighted by atomic mass is 9.86.